The molecule has 4 atom stereocenters. The molecule has 1 aromatic heterocycles. The number of carboxylic acids is 1. The molecule has 2 saturated carbocycles. The van der Waals surface area contributed by atoms with Crippen molar-refractivity contribution in [2.45, 2.75) is 26.2 Å². The van der Waals surface area contributed by atoms with Gasteiger partial charge in [0.15, 0.2) is 5.13 Å². The number of hydrogen-bond donors (Lipinski definition) is 2. The Hall–Kier alpha value is -2.21. The highest BCUT2D eigenvalue weighted by molar-refractivity contribution is 7.19. The second-order valence-corrected chi connectivity index (χ2v) is 8.01. The summed E-state index contributed by atoms with van der Waals surface area (Å²) in [4.78, 5) is 29.9. The van der Waals surface area contributed by atoms with Gasteiger partial charge in [-0.1, -0.05) is 41.7 Å². The molecule has 2 bridgehead atoms. The number of hydrogen-bond acceptors (Lipinski definition) is 4. The molecule has 25 heavy (non-hydrogen) atoms. The van der Waals surface area contributed by atoms with Gasteiger partial charge in [0.05, 0.1) is 22.4 Å². The lowest BCUT2D eigenvalue weighted by Crippen LogP contribution is -2.37. The third-order valence-electron chi connectivity index (χ3n) is 5.57. The van der Waals surface area contributed by atoms with E-state index in [0.717, 1.165) is 35.4 Å². The van der Waals surface area contributed by atoms with Crippen molar-refractivity contribution in [3.05, 3.63) is 36.0 Å². The summed E-state index contributed by atoms with van der Waals surface area (Å²) in [6.07, 6.45) is 2.75. The maximum absolute atomic E-state index is 12.8. The molecule has 2 aliphatic carbocycles. The first-order chi connectivity index (χ1) is 12.0. The minimum atomic E-state index is -0.840. The van der Waals surface area contributed by atoms with Crippen molar-refractivity contribution in [1.29, 1.82) is 0 Å². The highest BCUT2D eigenvalue weighted by Gasteiger charge is 2.54. The van der Waals surface area contributed by atoms with Crippen molar-refractivity contribution in [3.8, 4) is 10.4 Å². The van der Waals surface area contributed by atoms with Gasteiger partial charge in [0, 0.05) is 0 Å². The van der Waals surface area contributed by atoms with Crippen LogP contribution in [0.4, 0.5) is 5.13 Å². The van der Waals surface area contributed by atoms with Crippen LogP contribution in [0.1, 0.15) is 25.0 Å². The Morgan fingerprint density at radius 1 is 1.16 bits per heavy atom. The second-order valence-electron chi connectivity index (χ2n) is 7.01. The van der Waals surface area contributed by atoms with Crippen LogP contribution in [0.5, 0.6) is 0 Å². The monoisotopic (exact) mass is 356 g/mol. The van der Waals surface area contributed by atoms with E-state index in [-0.39, 0.29) is 17.7 Å². The lowest BCUT2D eigenvalue weighted by atomic mass is 9.79. The zero-order chi connectivity index (χ0) is 17.6. The van der Waals surface area contributed by atoms with E-state index in [0.29, 0.717) is 5.13 Å². The van der Waals surface area contributed by atoms with Crippen LogP contribution >= 0.6 is 11.3 Å². The van der Waals surface area contributed by atoms with E-state index in [1.54, 1.807) is 0 Å². The molecule has 0 saturated heterocycles. The number of amides is 1. The van der Waals surface area contributed by atoms with Crippen molar-refractivity contribution >= 4 is 28.3 Å². The Morgan fingerprint density at radius 2 is 1.84 bits per heavy atom. The number of aliphatic carboxylic acids is 1. The van der Waals surface area contributed by atoms with E-state index < -0.39 is 17.8 Å². The number of anilines is 1. The summed E-state index contributed by atoms with van der Waals surface area (Å²) in [7, 11) is 0. The van der Waals surface area contributed by atoms with Crippen LogP contribution in [0.25, 0.3) is 10.4 Å². The van der Waals surface area contributed by atoms with Gasteiger partial charge < -0.3 is 10.4 Å². The normalized spacial score (nSPS) is 27.4. The quantitative estimate of drug-likeness (QED) is 0.873. The lowest BCUT2D eigenvalue weighted by Gasteiger charge is -2.26. The number of thiazole rings is 1. The average molecular weight is 356 g/mol. The summed E-state index contributed by atoms with van der Waals surface area (Å²) < 4.78 is 0. The fourth-order valence-corrected chi connectivity index (χ4v) is 5.49. The SMILES string of the molecule is Cc1nc(NC(=O)[C@H]2[C@@H]3CC[C@@H](C3)[C@@H]2C(=O)O)sc1-c1ccccc1. The Morgan fingerprint density at radius 3 is 2.52 bits per heavy atom. The number of nitrogens with zero attached hydrogens (tertiary/aromatic N) is 1. The van der Waals surface area contributed by atoms with Crippen LogP contribution in [-0.4, -0.2) is 22.0 Å². The van der Waals surface area contributed by atoms with Crippen molar-refractivity contribution in [1.82, 2.24) is 4.98 Å². The van der Waals surface area contributed by atoms with E-state index in [1.807, 2.05) is 37.3 Å². The fraction of sp³-hybridized carbons (Fsp3) is 0.421. The third kappa shape index (κ3) is 2.84. The smallest absolute Gasteiger partial charge is 0.307 e. The minimum Gasteiger partial charge on any atom is -0.481 e. The molecule has 0 aliphatic heterocycles. The largest absolute Gasteiger partial charge is 0.481 e. The fourth-order valence-electron chi connectivity index (χ4n) is 4.52. The summed E-state index contributed by atoms with van der Waals surface area (Å²) in [6.45, 7) is 1.92. The molecule has 1 aromatic carbocycles. The molecule has 1 heterocycles. The van der Waals surface area contributed by atoms with Crippen molar-refractivity contribution in [2.75, 3.05) is 5.32 Å². The Bertz CT molecular complexity index is 817. The summed E-state index contributed by atoms with van der Waals surface area (Å²) in [5.41, 5.74) is 1.94. The third-order valence-corrected chi connectivity index (χ3v) is 6.69. The molecule has 2 fully saturated rings. The summed E-state index contributed by atoms with van der Waals surface area (Å²) in [6, 6.07) is 9.94. The van der Waals surface area contributed by atoms with E-state index in [4.69, 9.17) is 0 Å². The highest BCUT2D eigenvalue weighted by atomic mass is 32.1. The Labute approximate surface area is 150 Å². The van der Waals surface area contributed by atoms with Crippen LogP contribution in [-0.2, 0) is 9.59 Å². The van der Waals surface area contributed by atoms with Gasteiger partial charge in [-0.15, -0.1) is 0 Å². The van der Waals surface area contributed by atoms with E-state index in [1.165, 1.54) is 11.3 Å². The van der Waals surface area contributed by atoms with Crippen LogP contribution in [0.2, 0.25) is 0 Å². The van der Waals surface area contributed by atoms with Crippen molar-refractivity contribution < 1.29 is 14.7 Å². The van der Waals surface area contributed by atoms with E-state index in [9.17, 15) is 14.7 Å². The molecular formula is C19H20N2O3S. The van der Waals surface area contributed by atoms with Gasteiger partial charge in [0.25, 0.3) is 0 Å². The molecule has 4 rings (SSSR count). The van der Waals surface area contributed by atoms with Gasteiger partial charge in [0.2, 0.25) is 5.91 Å². The van der Waals surface area contributed by atoms with Gasteiger partial charge in [-0.3, -0.25) is 9.59 Å². The summed E-state index contributed by atoms with van der Waals surface area (Å²) in [5, 5.41) is 13.0. The maximum Gasteiger partial charge on any atom is 0.307 e. The van der Waals surface area contributed by atoms with Gasteiger partial charge >= 0.3 is 5.97 Å². The number of fused-ring (bicyclic) bond motifs is 2. The zero-order valence-electron chi connectivity index (χ0n) is 13.9. The molecular weight excluding hydrogens is 336 g/mol. The molecule has 2 N–H and O–H groups in total. The molecule has 5 nitrogen and oxygen atoms in total. The van der Waals surface area contributed by atoms with Crippen LogP contribution in [0, 0.1) is 30.6 Å². The number of carbonyl (C=O) groups is 2. The van der Waals surface area contributed by atoms with Gasteiger partial charge in [-0.05, 0) is 43.6 Å². The molecule has 0 spiro atoms. The van der Waals surface area contributed by atoms with Crippen LogP contribution in [0.3, 0.4) is 0 Å². The number of rotatable bonds is 4. The molecule has 0 radical (unpaired) electrons. The number of carbonyl (C=O) groups excluding carboxylic acids is 1. The predicted molar refractivity (Wildman–Crippen MR) is 96.4 cm³/mol. The van der Waals surface area contributed by atoms with Crippen molar-refractivity contribution in [3.63, 3.8) is 0 Å². The Balaban J connectivity index is 1.55. The minimum absolute atomic E-state index is 0.149. The predicted octanol–water partition coefficient (Wildman–Crippen LogP) is 3.80. The second kappa shape index (κ2) is 6.26. The topological polar surface area (TPSA) is 79.3 Å². The molecule has 6 heteroatoms. The maximum atomic E-state index is 12.8. The highest BCUT2D eigenvalue weighted by Crippen LogP contribution is 2.52. The molecule has 0 unspecified atom stereocenters. The Kier molecular flexibility index (Phi) is 4.07. The van der Waals surface area contributed by atoms with Crippen LogP contribution in [0.15, 0.2) is 30.3 Å². The summed E-state index contributed by atoms with van der Waals surface area (Å²) in [5.74, 6) is -1.66. The van der Waals surface area contributed by atoms with Crippen molar-refractivity contribution in [2.24, 2.45) is 23.7 Å². The lowest BCUT2D eigenvalue weighted by molar-refractivity contribution is -0.148. The number of nitrogens with one attached hydrogen (secondary N) is 1. The van der Waals surface area contributed by atoms with Gasteiger partial charge in [-0.25, -0.2) is 4.98 Å². The first-order valence-corrected chi connectivity index (χ1v) is 9.42. The molecule has 1 amide bonds. The molecule has 2 aromatic rings. The number of benzene rings is 1. The van der Waals surface area contributed by atoms with E-state index >= 15 is 0 Å². The standard InChI is InChI=1S/C19H20N2O3S/c1-10-16(11-5-3-2-4-6-11)25-19(20-10)21-17(22)14-12-7-8-13(9-12)15(14)18(23)24/h2-6,12-15H,7-9H2,1H3,(H,23,24)(H,20,21,22)/t12-,13+,14+,15+/m1/s1. The van der Waals surface area contributed by atoms with E-state index in [2.05, 4.69) is 10.3 Å². The zero-order valence-corrected chi connectivity index (χ0v) is 14.8. The molecule has 130 valence electrons. The first-order valence-electron chi connectivity index (χ1n) is 8.61. The summed E-state index contributed by atoms with van der Waals surface area (Å²) >= 11 is 1.44. The molecule has 2 aliphatic rings. The average Bonchev–Trinajstić information content (AvgIpc) is 3.29. The first kappa shape index (κ1) is 16.3. The van der Waals surface area contributed by atoms with Crippen LogP contribution < -0.4 is 5.32 Å². The number of aromatic nitrogens is 1. The van der Waals surface area contributed by atoms with Gasteiger partial charge in [0.1, 0.15) is 0 Å². The number of carboxylic acid groups (broad SMARTS) is 1. The number of aryl methyl sites for hydroxylation is 1. The van der Waals surface area contributed by atoms with Gasteiger partial charge in [-0.2, -0.15) is 0 Å².